The van der Waals surface area contributed by atoms with Crippen molar-refractivity contribution < 1.29 is 18.0 Å². The predicted molar refractivity (Wildman–Crippen MR) is 106 cm³/mol. The maximum absolute atomic E-state index is 12.6. The monoisotopic (exact) mass is 443 g/mol. The average Bonchev–Trinajstić information content (AvgIpc) is 3.19. The lowest BCUT2D eigenvalue weighted by molar-refractivity contribution is 0.0919. The number of anilines is 1. The SMILES string of the molecule is Cc1nn(C)c(Cl)c1C(=O)Nc1c[nH]nc1C(=O)NC1CCN(S(C)(=O)=O)CC1. The summed E-state index contributed by atoms with van der Waals surface area (Å²) in [7, 11) is -1.61. The number of halogens is 1. The Balaban J connectivity index is 1.65. The minimum atomic E-state index is -3.23. The van der Waals surface area contributed by atoms with Crippen molar-refractivity contribution in [1.82, 2.24) is 29.6 Å². The number of aromatic nitrogens is 4. The smallest absolute Gasteiger partial charge is 0.274 e. The van der Waals surface area contributed by atoms with E-state index < -0.39 is 21.8 Å². The van der Waals surface area contributed by atoms with Crippen LogP contribution >= 0.6 is 11.6 Å². The molecule has 2 aromatic heterocycles. The van der Waals surface area contributed by atoms with Gasteiger partial charge < -0.3 is 10.6 Å². The van der Waals surface area contributed by atoms with E-state index in [0.717, 1.165) is 0 Å². The van der Waals surface area contributed by atoms with E-state index >= 15 is 0 Å². The van der Waals surface area contributed by atoms with Crippen LogP contribution < -0.4 is 10.6 Å². The van der Waals surface area contributed by atoms with E-state index in [-0.39, 0.29) is 28.1 Å². The van der Waals surface area contributed by atoms with Crippen molar-refractivity contribution in [2.75, 3.05) is 24.7 Å². The molecule has 0 saturated carbocycles. The van der Waals surface area contributed by atoms with E-state index in [1.54, 1.807) is 14.0 Å². The topological polar surface area (TPSA) is 142 Å². The molecular formula is C16H22ClN7O4S. The Bertz CT molecular complexity index is 1040. The van der Waals surface area contributed by atoms with Crippen LogP contribution in [0.1, 0.15) is 39.4 Å². The van der Waals surface area contributed by atoms with Crippen LogP contribution in [0.2, 0.25) is 5.15 Å². The summed E-state index contributed by atoms with van der Waals surface area (Å²) in [6.07, 6.45) is 3.56. The molecule has 2 aromatic rings. The summed E-state index contributed by atoms with van der Waals surface area (Å²) < 4.78 is 25.9. The quantitative estimate of drug-likeness (QED) is 0.614. The first-order valence-electron chi connectivity index (χ1n) is 8.88. The van der Waals surface area contributed by atoms with Gasteiger partial charge in [0, 0.05) is 32.4 Å². The van der Waals surface area contributed by atoms with Crippen molar-refractivity contribution in [3.05, 3.63) is 28.3 Å². The number of nitrogens with one attached hydrogen (secondary N) is 3. The third-order valence-corrected chi connectivity index (χ3v) is 6.48. The zero-order valence-electron chi connectivity index (χ0n) is 16.2. The third-order valence-electron chi connectivity index (χ3n) is 4.74. The molecule has 3 N–H and O–H groups in total. The van der Waals surface area contributed by atoms with Crippen molar-refractivity contribution >= 4 is 39.1 Å². The molecule has 158 valence electrons. The number of amides is 2. The first-order valence-corrected chi connectivity index (χ1v) is 11.1. The van der Waals surface area contributed by atoms with E-state index in [1.165, 1.54) is 21.4 Å². The second kappa shape index (κ2) is 8.13. The number of sulfonamides is 1. The largest absolute Gasteiger partial charge is 0.348 e. The number of carbonyl (C=O) groups is 2. The van der Waals surface area contributed by atoms with Gasteiger partial charge in [-0.3, -0.25) is 19.4 Å². The molecule has 29 heavy (non-hydrogen) atoms. The number of aromatic amines is 1. The highest BCUT2D eigenvalue weighted by Crippen LogP contribution is 2.21. The van der Waals surface area contributed by atoms with Crippen molar-refractivity contribution in [2.45, 2.75) is 25.8 Å². The molecule has 1 aliphatic rings. The van der Waals surface area contributed by atoms with Crippen LogP contribution in [-0.4, -0.2) is 69.9 Å². The number of carbonyl (C=O) groups excluding carboxylic acids is 2. The standard InChI is InChI=1S/C16H22ClN7O4S/c1-9-12(14(17)23(2)22-9)15(25)20-11-8-18-21-13(11)16(26)19-10-4-6-24(7-5-10)29(3,27)28/h8,10H,4-7H2,1-3H3,(H,18,21)(H,19,26)(H,20,25). The summed E-state index contributed by atoms with van der Waals surface area (Å²) in [4.78, 5) is 25.2. The molecule has 1 saturated heterocycles. The number of piperidine rings is 1. The van der Waals surface area contributed by atoms with Gasteiger partial charge >= 0.3 is 0 Å². The first-order chi connectivity index (χ1) is 13.6. The molecule has 0 spiro atoms. The normalized spacial score (nSPS) is 16.0. The molecule has 3 heterocycles. The van der Waals surface area contributed by atoms with Crippen LogP contribution in [0.25, 0.3) is 0 Å². The molecule has 11 nitrogen and oxygen atoms in total. The highest BCUT2D eigenvalue weighted by Gasteiger charge is 2.28. The highest BCUT2D eigenvalue weighted by molar-refractivity contribution is 7.88. The highest BCUT2D eigenvalue weighted by atomic mass is 35.5. The van der Waals surface area contributed by atoms with Gasteiger partial charge in [-0.05, 0) is 19.8 Å². The molecule has 1 fully saturated rings. The summed E-state index contributed by atoms with van der Waals surface area (Å²) in [5.41, 5.74) is 0.916. The van der Waals surface area contributed by atoms with Gasteiger partial charge in [0.1, 0.15) is 5.15 Å². The fraction of sp³-hybridized carbons (Fsp3) is 0.500. The van der Waals surface area contributed by atoms with Crippen molar-refractivity contribution in [1.29, 1.82) is 0 Å². The van der Waals surface area contributed by atoms with Crippen LogP contribution in [0.15, 0.2) is 6.20 Å². The lowest BCUT2D eigenvalue weighted by Crippen LogP contribution is -2.46. The summed E-state index contributed by atoms with van der Waals surface area (Å²) in [5.74, 6) is -0.967. The molecule has 0 radical (unpaired) electrons. The molecule has 0 aromatic carbocycles. The Hall–Kier alpha value is -2.44. The van der Waals surface area contributed by atoms with Gasteiger partial charge in [-0.15, -0.1) is 0 Å². The molecule has 13 heteroatoms. The summed E-state index contributed by atoms with van der Waals surface area (Å²) in [6, 6.07) is -0.184. The lowest BCUT2D eigenvalue weighted by atomic mass is 10.1. The minimum absolute atomic E-state index is 0.0292. The molecule has 0 atom stereocenters. The van der Waals surface area contributed by atoms with Crippen molar-refractivity contribution in [2.24, 2.45) is 7.05 Å². The zero-order chi connectivity index (χ0) is 21.3. The van der Waals surface area contributed by atoms with Crippen molar-refractivity contribution in [3.8, 4) is 0 Å². The fourth-order valence-corrected chi connectivity index (χ4v) is 4.35. The van der Waals surface area contributed by atoms with Crippen LogP contribution in [0.4, 0.5) is 5.69 Å². The van der Waals surface area contributed by atoms with Crippen LogP contribution in [-0.2, 0) is 17.1 Å². The number of rotatable bonds is 5. The van der Waals surface area contributed by atoms with Gasteiger partial charge in [0.2, 0.25) is 10.0 Å². The molecule has 0 unspecified atom stereocenters. The Morgan fingerprint density at radius 2 is 1.93 bits per heavy atom. The van der Waals surface area contributed by atoms with Gasteiger partial charge in [0.25, 0.3) is 11.8 Å². The number of hydrogen-bond acceptors (Lipinski definition) is 6. The minimum Gasteiger partial charge on any atom is -0.348 e. The summed E-state index contributed by atoms with van der Waals surface area (Å²) in [6.45, 7) is 2.34. The molecular weight excluding hydrogens is 422 g/mol. The Labute approximate surface area is 172 Å². The Kier molecular flexibility index (Phi) is 5.96. The zero-order valence-corrected chi connectivity index (χ0v) is 17.8. The van der Waals surface area contributed by atoms with Crippen LogP contribution in [0.5, 0.6) is 0 Å². The van der Waals surface area contributed by atoms with Gasteiger partial charge in [-0.2, -0.15) is 10.2 Å². The van der Waals surface area contributed by atoms with Gasteiger partial charge in [-0.1, -0.05) is 11.6 Å². The molecule has 1 aliphatic heterocycles. The maximum atomic E-state index is 12.6. The fourth-order valence-electron chi connectivity index (χ4n) is 3.22. The van der Waals surface area contributed by atoms with E-state index in [0.29, 0.717) is 31.6 Å². The van der Waals surface area contributed by atoms with Gasteiger partial charge in [0.15, 0.2) is 5.69 Å². The second-order valence-corrected chi connectivity index (χ2v) is 9.23. The summed E-state index contributed by atoms with van der Waals surface area (Å²) in [5, 5.41) is 16.2. The average molecular weight is 444 g/mol. The molecule has 0 bridgehead atoms. The Morgan fingerprint density at radius 1 is 1.28 bits per heavy atom. The summed E-state index contributed by atoms with van der Waals surface area (Å²) >= 11 is 6.11. The molecule has 2 amide bonds. The van der Waals surface area contributed by atoms with E-state index in [2.05, 4.69) is 25.9 Å². The molecule has 3 rings (SSSR count). The second-order valence-electron chi connectivity index (χ2n) is 6.89. The first kappa shape index (κ1) is 21.3. The van der Waals surface area contributed by atoms with Crippen LogP contribution in [0.3, 0.4) is 0 Å². The van der Waals surface area contributed by atoms with E-state index in [9.17, 15) is 18.0 Å². The van der Waals surface area contributed by atoms with E-state index in [4.69, 9.17) is 11.6 Å². The number of H-pyrrole nitrogens is 1. The number of nitrogens with zero attached hydrogens (tertiary/aromatic N) is 4. The predicted octanol–water partition coefficient (Wildman–Crippen LogP) is 0.511. The van der Waals surface area contributed by atoms with Gasteiger partial charge in [0.05, 0.1) is 23.2 Å². The maximum Gasteiger partial charge on any atom is 0.274 e. The number of hydrogen-bond donors (Lipinski definition) is 3. The van der Waals surface area contributed by atoms with Crippen LogP contribution in [0, 0.1) is 6.92 Å². The molecule has 0 aliphatic carbocycles. The van der Waals surface area contributed by atoms with Gasteiger partial charge in [-0.25, -0.2) is 12.7 Å². The van der Waals surface area contributed by atoms with E-state index in [1.807, 2.05) is 0 Å². The third kappa shape index (κ3) is 4.60. The lowest BCUT2D eigenvalue weighted by Gasteiger charge is -2.30. The van der Waals surface area contributed by atoms with Crippen molar-refractivity contribution in [3.63, 3.8) is 0 Å². The Morgan fingerprint density at radius 3 is 2.48 bits per heavy atom. The number of aryl methyl sites for hydroxylation is 2.